The summed E-state index contributed by atoms with van der Waals surface area (Å²) < 4.78 is 0. The third-order valence-electron chi connectivity index (χ3n) is 11.8. The molecule has 0 heterocycles. The van der Waals surface area contributed by atoms with Gasteiger partial charge in [-0.25, -0.2) is 0 Å². The average Bonchev–Trinajstić information content (AvgIpc) is 3.64. The predicted octanol–water partition coefficient (Wildman–Crippen LogP) is 2.00. The molecule has 384 valence electrons. The molecular weight excluding hydrogens is 813 g/mol. The quantitative estimate of drug-likeness (QED) is 0.171. The normalized spacial score (nSPS) is 25.6. The maximum Gasteiger partial charge on any atom is 0.0491 e. The monoisotopic (exact) mass is 921 g/mol. The van der Waals surface area contributed by atoms with Gasteiger partial charge in [-0.15, -0.1) is 0 Å². The number of benzene rings is 2. The van der Waals surface area contributed by atoms with Crippen LogP contribution in [0, 0.1) is 5.92 Å². The highest BCUT2D eigenvalue weighted by Crippen LogP contribution is 2.24. The van der Waals surface area contributed by atoms with Gasteiger partial charge in [0.05, 0.1) is 0 Å². The predicted molar refractivity (Wildman–Crippen MR) is 284 cm³/mol. The van der Waals surface area contributed by atoms with Crippen molar-refractivity contribution in [2.45, 2.75) is 223 Å². The summed E-state index contributed by atoms with van der Waals surface area (Å²) in [6, 6.07) is 22.4. The lowest BCUT2D eigenvalue weighted by molar-refractivity contribution is 0.315. The van der Waals surface area contributed by atoms with Gasteiger partial charge >= 0.3 is 0 Å². The minimum atomic E-state index is -0.163. The average molecular weight is 922 g/mol. The lowest BCUT2D eigenvalue weighted by Crippen LogP contribution is -2.43. The largest absolute Gasteiger partial charge is 0.330 e. The number of rotatable bonds is 9. The second-order valence-corrected chi connectivity index (χ2v) is 19.0. The van der Waals surface area contributed by atoms with Crippen molar-refractivity contribution in [2.24, 2.45) is 97.7 Å². The van der Waals surface area contributed by atoms with Crippen molar-refractivity contribution in [3.8, 4) is 0 Å². The van der Waals surface area contributed by atoms with Gasteiger partial charge in [0.2, 0.25) is 0 Å². The molecule has 0 radical (unpaired) electrons. The SMILES string of the molecule is C[C@@H](N)C[C@@H](C)N.C[C@@H](N)[C@@H](C)N.C[C@H](N)[C@@H](C)N.C[C@H](N)[C@@H](C)N.NC[C@@H]1CCCC[C@H]1N.N[C@@H]1CCCC[C@H]1N.N[C@@H]1CCC[C@H]1N.N[C@H](c1ccccc1)[C@H](N)c1ccccc1. The van der Waals surface area contributed by atoms with Crippen molar-refractivity contribution in [1.82, 2.24) is 0 Å². The smallest absolute Gasteiger partial charge is 0.0491 e. The van der Waals surface area contributed by atoms with Gasteiger partial charge in [-0.1, -0.05) is 92.8 Å². The molecule has 32 N–H and O–H groups in total. The summed E-state index contributed by atoms with van der Waals surface area (Å²) >= 11 is 0. The third kappa shape index (κ3) is 38.5. The molecule has 65 heavy (non-hydrogen) atoms. The molecule has 5 rings (SSSR count). The zero-order chi connectivity index (χ0) is 50.7. The van der Waals surface area contributed by atoms with E-state index in [2.05, 4.69) is 0 Å². The van der Waals surface area contributed by atoms with Gasteiger partial charge in [0.1, 0.15) is 0 Å². The summed E-state index contributed by atoms with van der Waals surface area (Å²) in [4.78, 5) is 0. The van der Waals surface area contributed by atoms with E-state index >= 15 is 0 Å². The van der Waals surface area contributed by atoms with Crippen LogP contribution in [0.3, 0.4) is 0 Å². The first-order valence-electron chi connectivity index (χ1n) is 24.4. The highest BCUT2D eigenvalue weighted by atomic mass is 14.8. The van der Waals surface area contributed by atoms with Crippen LogP contribution in [0.15, 0.2) is 60.7 Å². The Morgan fingerprint density at radius 1 is 0.369 bits per heavy atom. The Balaban J connectivity index is -0.000000698. The van der Waals surface area contributed by atoms with E-state index in [0.717, 1.165) is 49.8 Å². The fourth-order valence-electron chi connectivity index (χ4n) is 6.09. The summed E-state index contributed by atoms with van der Waals surface area (Å²) in [5, 5.41) is 0. The van der Waals surface area contributed by atoms with E-state index in [-0.39, 0.29) is 72.5 Å². The summed E-state index contributed by atoms with van der Waals surface area (Å²) in [6.07, 6.45) is 14.3. The van der Waals surface area contributed by atoms with Crippen LogP contribution in [0.2, 0.25) is 0 Å². The van der Waals surface area contributed by atoms with Crippen LogP contribution in [-0.2, 0) is 0 Å². The van der Waals surface area contributed by atoms with E-state index in [4.69, 9.17) is 91.7 Å². The zero-order valence-electron chi connectivity index (χ0n) is 42.4. The third-order valence-corrected chi connectivity index (χ3v) is 11.8. The summed E-state index contributed by atoms with van der Waals surface area (Å²) in [5.74, 6) is 0.610. The Labute approximate surface area is 397 Å². The van der Waals surface area contributed by atoms with Crippen LogP contribution < -0.4 is 91.7 Å². The first kappa shape index (κ1) is 67.1. The molecule has 0 saturated heterocycles. The lowest BCUT2D eigenvalue weighted by atomic mass is 9.85. The van der Waals surface area contributed by atoms with Gasteiger partial charge in [0, 0.05) is 90.6 Å². The highest BCUT2D eigenvalue weighted by Gasteiger charge is 2.20. The van der Waals surface area contributed by atoms with Crippen LogP contribution in [0.4, 0.5) is 0 Å². The number of nitrogens with two attached hydrogens (primary N) is 16. The summed E-state index contributed by atoms with van der Waals surface area (Å²) in [7, 11) is 0. The molecule has 16 heteroatoms. The van der Waals surface area contributed by atoms with E-state index < -0.39 is 0 Å². The molecule has 16 nitrogen and oxygen atoms in total. The topological polar surface area (TPSA) is 416 Å². The lowest BCUT2D eigenvalue weighted by Gasteiger charge is -2.26. The molecule has 3 aliphatic carbocycles. The van der Waals surface area contributed by atoms with Crippen molar-refractivity contribution >= 4 is 0 Å². The first-order chi connectivity index (χ1) is 30.3. The molecule has 0 aromatic heterocycles. The molecule has 0 bridgehead atoms. The molecule has 0 spiro atoms. The van der Waals surface area contributed by atoms with E-state index in [1.165, 1.54) is 44.9 Å². The molecule has 3 saturated carbocycles. The van der Waals surface area contributed by atoms with E-state index in [1.54, 1.807) is 0 Å². The van der Waals surface area contributed by atoms with Gasteiger partial charge in [-0.3, -0.25) is 0 Å². The van der Waals surface area contributed by atoms with Gasteiger partial charge < -0.3 is 91.7 Å². The number of hydrogen-bond donors (Lipinski definition) is 16. The van der Waals surface area contributed by atoms with Gasteiger partial charge in [0.15, 0.2) is 0 Å². The molecular formula is C49H108N16. The molecule has 2 aromatic carbocycles. The van der Waals surface area contributed by atoms with Crippen LogP contribution >= 0.6 is 0 Å². The van der Waals surface area contributed by atoms with Crippen LogP contribution in [0.5, 0.6) is 0 Å². The maximum atomic E-state index is 6.15. The molecule has 3 fully saturated rings. The van der Waals surface area contributed by atoms with Crippen molar-refractivity contribution in [2.75, 3.05) is 6.54 Å². The second-order valence-electron chi connectivity index (χ2n) is 19.0. The Hall–Kier alpha value is -2.20. The summed E-state index contributed by atoms with van der Waals surface area (Å²) in [5.41, 5.74) is 90.9. The van der Waals surface area contributed by atoms with Crippen molar-refractivity contribution in [3.63, 3.8) is 0 Å². The van der Waals surface area contributed by atoms with E-state index in [1.807, 2.05) is 116 Å². The van der Waals surface area contributed by atoms with Crippen LogP contribution in [0.1, 0.15) is 156 Å². The fourth-order valence-corrected chi connectivity index (χ4v) is 6.09. The highest BCUT2D eigenvalue weighted by molar-refractivity contribution is 5.26. The minimum absolute atomic E-state index is 0.130. The van der Waals surface area contributed by atoms with Crippen molar-refractivity contribution in [1.29, 1.82) is 0 Å². The summed E-state index contributed by atoms with van der Waals surface area (Å²) in [6.45, 7) is 16.1. The molecule has 2 aromatic rings. The Bertz CT molecular complexity index is 1170. The van der Waals surface area contributed by atoms with Crippen molar-refractivity contribution < 1.29 is 0 Å². The van der Waals surface area contributed by atoms with Crippen LogP contribution in [0.25, 0.3) is 0 Å². The Morgan fingerprint density at radius 3 is 0.785 bits per heavy atom. The first-order valence-corrected chi connectivity index (χ1v) is 24.4. The Morgan fingerprint density at radius 2 is 0.615 bits per heavy atom. The van der Waals surface area contributed by atoms with E-state index in [9.17, 15) is 0 Å². The standard InChI is InChI=1S/C14H16N2.C7H16N2.C6H14N2.C5H12N2.C5H14N2.3C4H12N2/c15-13(11-7-3-1-4-8-11)14(16)12-9-5-2-6-10-12;8-5-6-3-1-2-4-7(6)9;7-5-3-1-2-4-6(5)8;6-4-2-1-3-5(4)7;1-4(6)3-5(2)7;3*1-3(5)4(2)6/h1-10,13-14H,15-16H2;6-7H,1-5,8-9H2;5-6H,1-4,7-8H2;4-5H,1-3,6-7H2;4-5H,3,6-7H2,1-2H3;3*3-4H,5-6H2,1-2H3/t13-,14-;6-,7+;5-,6-;2*4-,5-;2*3-,4+;3-,4-/m10111..1/s1. The molecule has 3 aliphatic rings. The molecule has 0 aliphatic heterocycles. The Kier molecular flexibility index (Phi) is 42.1. The van der Waals surface area contributed by atoms with Gasteiger partial charge in [0.25, 0.3) is 0 Å². The number of hydrogen-bond acceptors (Lipinski definition) is 16. The second kappa shape index (κ2) is 40.8. The fraction of sp³-hybridized carbons (Fsp3) is 0.755. The zero-order valence-corrected chi connectivity index (χ0v) is 42.4. The minimum Gasteiger partial charge on any atom is -0.330 e. The maximum absolute atomic E-state index is 6.15. The molecule has 16 atom stereocenters. The van der Waals surface area contributed by atoms with Gasteiger partial charge in [-0.2, -0.15) is 0 Å². The molecule has 0 amide bonds. The molecule has 0 unspecified atom stereocenters. The van der Waals surface area contributed by atoms with Gasteiger partial charge in [-0.05, 0) is 124 Å². The van der Waals surface area contributed by atoms with E-state index in [0.29, 0.717) is 24.0 Å². The van der Waals surface area contributed by atoms with Crippen LogP contribution in [-0.4, -0.2) is 85.1 Å². The van der Waals surface area contributed by atoms with Crippen molar-refractivity contribution in [3.05, 3.63) is 71.8 Å².